The summed E-state index contributed by atoms with van der Waals surface area (Å²) in [5.41, 5.74) is 4.19. The van der Waals surface area contributed by atoms with E-state index in [-0.39, 0.29) is 12.7 Å². The molecule has 4 aromatic rings. The molecule has 8 nitrogen and oxygen atoms in total. The van der Waals surface area contributed by atoms with Crippen LogP contribution in [0.1, 0.15) is 17.3 Å². The Kier molecular flexibility index (Phi) is 5.90. The molecule has 0 atom stereocenters. The van der Waals surface area contributed by atoms with Gasteiger partial charge in [0.25, 0.3) is 0 Å². The first-order valence-corrected chi connectivity index (χ1v) is 9.78. The van der Waals surface area contributed by atoms with E-state index in [1.807, 2.05) is 41.0 Å². The molecule has 0 aliphatic heterocycles. The van der Waals surface area contributed by atoms with Crippen molar-refractivity contribution in [1.29, 1.82) is 0 Å². The molecule has 158 valence electrons. The maximum Gasteiger partial charge on any atom is 0.338 e. The van der Waals surface area contributed by atoms with Gasteiger partial charge < -0.3 is 14.2 Å². The maximum atomic E-state index is 11.9. The van der Waals surface area contributed by atoms with E-state index < -0.39 is 0 Å². The van der Waals surface area contributed by atoms with E-state index in [1.165, 1.54) is 6.33 Å². The standard InChI is InChI=1S/C23H22N4O4/c1-4-31-23(28)17-7-5-15(6-8-17)19-20-22(25-13-24-19)27(14-29-2)21(26-20)16-9-11-18(30-3)12-10-16/h5-13H,4,14H2,1-3H3. The Morgan fingerprint density at radius 3 is 2.32 bits per heavy atom. The first kappa shape index (κ1) is 20.5. The molecular formula is C23H22N4O4. The number of ether oxygens (including phenoxy) is 3. The first-order chi connectivity index (χ1) is 15.2. The topological polar surface area (TPSA) is 88.4 Å². The van der Waals surface area contributed by atoms with Crippen LogP contribution in [0.3, 0.4) is 0 Å². The molecule has 0 N–H and O–H groups in total. The predicted octanol–water partition coefficient (Wildman–Crippen LogP) is 3.95. The van der Waals surface area contributed by atoms with Crippen molar-refractivity contribution in [3.05, 3.63) is 60.4 Å². The van der Waals surface area contributed by atoms with Crippen LogP contribution in [0.25, 0.3) is 33.8 Å². The Morgan fingerprint density at radius 2 is 1.68 bits per heavy atom. The summed E-state index contributed by atoms with van der Waals surface area (Å²) in [6.45, 7) is 2.40. The summed E-state index contributed by atoms with van der Waals surface area (Å²) in [6, 6.07) is 14.7. The third kappa shape index (κ3) is 3.97. The van der Waals surface area contributed by atoms with Crippen LogP contribution in [0.2, 0.25) is 0 Å². The summed E-state index contributed by atoms with van der Waals surface area (Å²) in [7, 11) is 3.25. The lowest BCUT2D eigenvalue weighted by Crippen LogP contribution is -2.04. The van der Waals surface area contributed by atoms with Gasteiger partial charge in [-0.15, -0.1) is 0 Å². The number of methoxy groups -OCH3 is 2. The largest absolute Gasteiger partial charge is 0.497 e. The fraction of sp³-hybridized carbons (Fsp3) is 0.217. The highest BCUT2D eigenvalue weighted by molar-refractivity contribution is 5.92. The van der Waals surface area contributed by atoms with E-state index in [0.29, 0.717) is 34.9 Å². The van der Waals surface area contributed by atoms with Crippen LogP contribution in [-0.2, 0) is 16.2 Å². The Labute approximate surface area is 179 Å². The van der Waals surface area contributed by atoms with E-state index in [9.17, 15) is 4.79 Å². The van der Waals surface area contributed by atoms with Gasteiger partial charge in [-0.3, -0.25) is 4.57 Å². The summed E-state index contributed by atoms with van der Waals surface area (Å²) in [6.07, 6.45) is 1.50. The molecule has 0 radical (unpaired) electrons. The molecule has 0 amide bonds. The highest BCUT2D eigenvalue weighted by atomic mass is 16.5. The van der Waals surface area contributed by atoms with Crippen molar-refractivity contribution in [2.75, 3.05) is 20.8 Å². The second-order valence-electron chi connectivity index (χ2n) is 6.70. The quantitative estimate of drug-likeness (QED) is 0.420. The van der Waals surface area contributed by atoms with Gasteiger partial charge in [-0.25, -0.2) is 19.7 Å². The molecule has 0 fully saturated rings. The highest BCUT2D eigenvalue weighted by Gasteiger charge is 2.18. The van der Waals surface area contributed by atoms with Crippen LogP contribution in [0.4, 0.5) is 0 Å². The molecule has 2 aromatic heterocycles. The minimum Gasteiger partial charge on any atom is -0.497 e. The van der Waals surface area contributed by atoms with E-state index in [1.54, 1.807) is 33.3 Å². The molecule has 0 saturated carbocycles. The molecule has 4 rings (SSSR count). The molecule has 0 aliphatic carbocycles. The molecule has 2 heterocycles. The van der Waals surface area contributed by atoms with Crippen LogP contribution in [0.5, 0.6) is 5.75 Å². The molecule has 0 aliphatic rings. The van der Waals surface area contributed by atoms with Crippen LogP contribution in [0.15, 0.2) is 54.9 Å². The number of benzene rings is 2. The maximum absolute atomic E-state index is 11.9. The van der Waals surface area contributed by atoms with E-state index in [0.717, 1.165) is 16.9 Å². The lowest BCUT2D eigenvalue weighted by atomic mass is 10.1. The minimum atomic E-state index is -0.354. The number of aromatic nitrogens is 4. The van der Waals surface area contributed by atoms with Crippen LogP contribution < -0.4 is 4.74 Å². The zero-order valence-corrected chi connectivity index (χ0v) is 17.5. The molecule has 8 heteroatoms. The van der Waals surface area contributed by atoms with Crippen LogP contribution in [0, 0.1) is 0 Å². The molecule has 2 aromatic carbocycles. The van der Waals surface area contributed by atoms with Crippen molar-refractivity contribution < 1.29 is 19.0 Å². The Balaban J connectivity index is 1.81. The first-order valence-electron chi connectivity index (χ1n) is 9.78. The van der Waals surface area contributed by atoms with Gasteiger partial charge in [0.05, 0.1) is 19.3 Å². The van der Waals surface area contributed by atoms with Crippen LogP contribution >= 0.6 is 0 Å². The molecule has 0 spiro atoms. The zero-order chi connectivity index (χ0) is 21.8. The molecule has 0 unspecified atom stereocenters. The second kappa shape index (κ2) is 8.93. The smallest absolute Gasteiger partial charge is 0.338 e. The number of fused-ring (bicyclic) bond motifs is 1. The van der Waals surface area contributed by atoms with Crippen LogP contribution in [-0.4, -0.2) is 46.3 Å². The average Bonchev–Trinajstić information content (AvgIpc) is 3.18. The number of imidazole rings is 1. The number of esters is 1. The van der Waals surface area contributed by atoms with Gasteiger partial charge in [0.2, 0.25) is 0 Å². The number of hydrogen-bond donors (Lipinski definition) is 0. The van der Waals surface area contributed by atoms with Gasteiger partial charge in [0.1, 0.15) is 35.8 Å². The number of carbonyl (C=O) groups is 1. The summed E-state index contributed by atoms with van der Waals surface area (Å²) in [5, 5.41) is 0. The number of rotatable bonds is 7. The third-order valence-electron chi connectivity index (χ3n) is 4.81. The fourth-order valence-corrected chi connectivity index (χ4v) is 3.34. The monoisotopic (exact) mass is 418 g/mol. The fourth-order valence-electron chi connectivity index (χ4n) is 3.34. The van der Waals surface area contributed by atoms with Gasteiger partial charge in [-0.2, -0.15) is 0 Å². The van der Waals surface area contributed by atoms with Crippen molar-refractivity contribution in [2.24, 2.45) is 0 Å². The van der Waals surface area contributed by atoms with Gasteiger partial charge in [-0.1, -0.05) is 12.1 Å². The SMILES string of the molecule is CCOC(=O)c1ccc(-c2ncnc3c2nc(-c2ccc(OC)cc2)n3COC)cc1. The Hall–Kier alpha value is -3.78. The van der Waals surface area contributed by atoms with E-state index >= 15 is 0 Å². The zero-order valence-electron chi connectivity index (χ0n) is 17.5. The molecule has 31 heavy (non-hydrogen) atoms. The summed E-state index contributed by atoms with van der Waals surface area (Å²) < 4.78 is 17.6. The van der Waals surface area contributed by atoms with Crippen molar-refractivity contribution in [1.82, 2.24) is 19.5 Å². The molecule has 0 bridgehead atoms. The summed E-state index contributed by atoms with van der Waals surface area (Å²) in [4.78, 5) is 25.7. The van der Waals surface area contributed by atoms with Gasteiger partial charge in [0.15, 0.2) is 5.65 Å². The van der Waals surface area contributed by atoms with Gasteiger partial charge >= 0.3 is 5.97 Å². The average molecular weight is 418 g/mol. The van der Waals surface area contributed by atoms with Crippen molar-refractivity contribution in [3.8, 4) is 28.4 Å². The van der Waals surface area contributed by atoms with E-state index in [2.05, 4.69) is 9.97 Å². The Bertz CT molecular complexity index is 1200. The highest BCUT2D eigenvalue weighted by Crippen LogP contribution is 2.30. The lowest BCUT2D eigenvalue weighted by Gasteiger charge is -2.08. The lowest BCUT2D eigenvalue weighted by molar-refractivity contribution is 0.0526. The number of hydrogen-bond acceptors (Lipinski definition) is 7. The minimum absolute atomic E-state index is 0.288. The van der Waals surface area contributed by atoms with Gasteiger partial charge in [0, 0.05) is 18.2 Å². The number of nitrogens with zero attached hydrogens (tertiary/aromatic N) is 4. The van der Waals surface area contributed by atoms with Gasteiger partial charge in [-0.05, 0) is 43.3 Å². The summed E-state index contributed by atoms with van der Waals surface area (Å²) in [5.74, 6) is 1.12. The predicted molar refractivity (Wildman–Crippen MR) is 116 cm³/mol. The molecular weight excluding hydrogens is 396 g/mol. The third-order valence-corrected chi connectivity index (χ3v) is 4.81. The summed E-state index contributed by atoms with van der Waals surface area (Å²) >= 11 is 0. The Morgan fingerprint density at radius 1 is 0.968 bits per heavy atom. The second-order valence-corrected chi connectivity index (χ2v) is 6.70. The van der Waals surface area contributed by atoms with Crippen molar-refractivity contribution >= 4 is 17.1 Å². The normalized spacial score (nSPS) is 10.9. The van der Waals surface area contributed by atoms with Crippen molar-refractivity contribution in [2.45, 2.75) is 13.7 Å². The number of carbonyl (C=O) groups excluding carboxylic acids is 1. The van der Waals surface area contributed by atoms with Crippen molar-refractivity contribution in [3.63, 3.8) is 0 Å². The molecule has 0 saturated heterocycles. The van der Waals surface area contributed by atoms with E-state index in [4.69, 9.17) is 19.2 Å².